The van der Waals surface area contributed by atoms with Crippen LogP contribution in [0.25, 0.3) is 0 Å². The molecule has 0 aliphatic heterocycles. The van der Waals surface area contributed by atoms with Gasteiger partial charge in [0, 0.05) is 18.8 Å². The van der Waals surface area contributed by atoms with Gasteiger partial charge in [0.1, 0.15) is 6.04 Å². The van der Waals surface area contributed by atoms with Gasteiger partial charge in [0.15, 0.2) is 0 Å². The van der Waals surface area contributed by atoms with Gasteiger partial charge in [-0.05, 0) is 11.1 Å². The Balaban J connectivity index is 2.19. The molecular weight excluding hydrogens is 282 g/mol. The van der Waals surface area contributed by atoms with Gasteiger partial charge >= 0.3 is 5.97 Å². The molecule has 1 N–H and O–H groups in total. The van der Waals surface area contributed by atoms with E-state index in [0.717, 1.165) is 11.1 Å². The lowest BCUT2D eigenvalue weighted by molar-refractivity contribution is -0.142. The topological polar surface area (TPSA) is 40.5 Å². The molecule has 2 rings (SSSR count). The number of hydrogen-bond acceptors (Lipinski definition) is 3. The van der Waals surface area contributed by atoms with E-state index in [1.165, 1.54) is 0 Å². The van der Waals surface area contributed by atoms with Crippen molar-refractivity contribution in [2.24, 2.45) is 0 Å². The number of rotatable bonds is 7. The molecule has 0 amide bonds. The summed E-state index contributed by atoms with van der Waals surface area (Å²) < 4.78 is 0. The number of carbonyl (C=O) groups is 1. The van der Waals surface area contributed by atoms with Crippen LogP contribution in [0.5, 0.6) is 0 Å². The summed E-state index contributed by atoms with van der Waals surface area (Å²) in [6.07, 6.45) is 0. The van der Waals surface area contributed by atoms with E-state index in [-0.39, 0.29) is 5.75 Å². The molecular formula is C17H19NO2S. The third-order valence-corrected chi connectivity index (χ3v) is 3.70. The fourth-order valence-corrected chi connectivity index (χ4v) is 2.65. The number of benzene rings is 2. The Labute approximate surface area is 130 Å². The van der Waals surface area contributed by atoms with Crippen LogP contribution in [0.3, 0.4) is 0 Å². The van der Waals surface area contributed by atoms with Crippen molar-refractivity contribution in [1.29, 1.82) is 0 Å². The lowest BCUT2D eigenvalue weighted by Gasteiger charge is -2.28. The second-order valence-electron chi connectivity index (χ2n) is 4.91. The summed E-state index contributed by atoms with van der Waals surface area (Å²) in [5.74, 6) is -0.550. The maximum absolute atomic E-state index is 11.5. The van der Waals surface area contributed by atoms with Crippen LogP contribution in [-0.2, 0) is 17.9 Å². The number of hydrogen-bond donors (Lipinski definition) is 2. The van der Waals surface area contributed by atoms with E-state index in [1.807, 2.05) is 65.6 Å². The predicted octanol–water partition coefficient (Wildman–Crippen LogP) is 3.07. The zero-order chi connectivity index (χ0) is 15.1. The van der Waals surface area contributed by atoms with E-state index in [1.54, 1.807) is 0 Å². The molecule has 3 nitrogen and oxygen atoms in total. The van der Waals surface area contributed by atoms with Crippen LogP contribution in [0.4, 0.5) is 0 Å². The van der Waals surface area contributed by atoms with E-state index >= 15 is 0 Å². The predicted molar refractivity (Wildman–Crippen MR) is 87.4 cm³/mol. The smallest absolute Gasteiger partial charge is 0.321 e. The minimum absolute atomic E-state index is 0.287. The van der Waals surface area contributed by atoms with Crippen molar-refractivity contribution in [2.45, 2.75) is 19.1 Å². The normalized spacial score (nSPS) is 12.3. The van der Waals surface area contributed by atoms with Gasteiger partial charge in [-0.2, -0.15) is 12.6 Å². The van der Waals surface area contributed by atoms with Gasteiger partial charge in [0.05, 0.1) is 0 Å². The average molecular weight is 301 g/mol. The molecule has 0 saturated carbocycles. The van der Waals surface area contributed by atoms with Gasteiger partial charge in [-0.3, -0.25) is 9.69 Å². The van der Waals surface area contributed by atoms with Crippen LogP contribution in [0.15, 0.2) is 60.7 Å². The molecule has 1 unspecified atom stereocenters. The zero-order valence-electron chi connectivity index (χ0n) is 11.7. The maximum Gasteiger partial charge on any atom is 0.321 e. The van der Waals surface area contributed by atoms with Crippen LogP contribution < -0.4 is 0 Å². The molecule has 2 aromatic rings. The fraction of sp³-hybridized carbons (Fsp3) is 0.235. The van der Waals surface area contributed by atoms with E-state index in [0.29, 0.717) is 13.1 Å². The van der Waals surface area contributed by atoms with Gasteiger partial charge in [-0.25, -0.2) is 0 Å². The van der Waals surface area contributed by atoms with E-state index in [2.05, 4.69) is 12.6 Å². The van der Waals surface area contributed by atoms with Crippen molar-refractivity contribution in [3.8, 4) is 0 Å². The van der Waals surface area contributed by atoms with Gasteiger partial charge in [-0.1, -0.05) is 60.7 Å². The molecule has 0 aliphatic rings. The van der Waals surface area contributed by atoms with Gasteiger partial charge < -0.3 is 5.11 Å². The summed E-state index contributed by atoms with van der Waals surface area (Å²) in [5.41, 5.74) is 2.20. The highest BCUT2D eigenvalue weighted by molar-refractivity contribution is 7.80. The molecule has 110 valence electrons. The first-order chi connectivity index (χ1) is 10.2. The highest BCUT2D eigenvalue weighted by Crippen LogP contribution is 2.14. The molecule has 0 saturated heterocycles. The monoisotopic (exact) mass is 301 g/mol. The number of nitrogens with zero attached hydrogens (tertiary/aromatic N) is 1. The van der Waals surface area contributed by atoms with Crippen LogP contribution in [0.2, 0.25) is 0 Å². The molecule has 4 heteroatoms. The number of thiol groups is 1. The molecule has 0 aliphatic carbocycles. The molecule has 0 aromatic heterocycles. The molecule has 21 heavy (non-hydrogen) atoms. The maximum atomic E-state index is 11.5. The number of carboxylic acid groups (broad SMARTS) is 1. The van der Waals surface area contributed by atoms with Gasteiger partial charge in [0.25, 0.3) is 0 Å². The molecule has 0 heterocycles. The Morgan fingerprint density at radius 1 is 0.952 bits per heavy atom. The van der Waals surface area contributed by atoms with Gasteiger partial charge in [0.2, 0.25) is 0 Å². The van der Waals surface area contributed by atoms with Crippen LogP contribution in [0.1, 0.15) is 11.1 Å². The summed E-state index contributed by atoms with van der Waals surface area (Å²) in [7, 11) is 0. The lowest BCUT2D eigenvalue weighted by Crippen LogP contribution is -2.41. The summed E-state index contributed by atoms with van der Waals surface area (Å²) in [6.45, 7) is 1.18. The summed E-state index contributed by atoms with van der Waals surface area (Å²) in [6, 6.07) is 19.2. The standard InChI is InChI=1S/C17H19NO2S/c19-17(20)16(13-21)18(11-14-7-3-1-4-8-14)12-15-9-5-2-6-10-15/h1-10,16,21H,11-13H2,(H,19,20). The SMILES string of the molecule is O=C(O)C(CS)N(Cc1ccccc1)Cc1ccccc1. The van der Waals surface area contributed by atoms with Crippen molar-refractivity contribution in [2.75, 3.05) is 5.75 Å². The summed E-state index contributed by atoms with van der Waals surface area (Å²) >= 11 is 4.20. The number of carboxylic acids is 1. The second kappa shape index (κ2) is 7.86. The first-order valence-corrected chi connectivity index (χ1v) is 7.49. The van der Waals surface area contributed by atoms with Crippen LogP contribution in [-0.4, -0.2) is 27.8 Å². The van der Waals surface area contributed by atoms with Crippen LogP contribution >= 0.6 is 12.6 Å². The fourth-order valence-electron chi connectivity index (χ4n) is 2.26. The third-order valence-electron chi connectivity index (χ3n) is 3.36. The van der Waals surface area contributed by atoms with Gasteiger partial charge in [-0.15, -0.1) is 0 Å². The second-order valence-corrected chi connectivity index (χ2v) is 5.28. The largest absolute Gasteiger partial charge is 0.480 e. The summed E-state index contributed by atoms with van der Waals surface area (Å²) in [5, 5.41) is 9.41. The van der Waals surface area contributed by atoms with Crippen molar-refractivity contribution in [1.82, 2.24) is 4.90 Å². The van der Waals surface area contributed by atoms with E-state index in [9.17, 15) is 9.90 Å². The first kappa shape index (κ1) is 15.6. The number of aliphatic carboxylic acids is 1. The highest BCUT2D eigenvalue weighted by atomic mass is 32.1. The molecule has 0 bridgehead atoms. The average Bonchev–Trinajstić information content (AvgIpc) is 2.49. The Morgan fingerprint density at radius 2 is 1.38 bits per heavy atom. The van der Waals surface area contributed by atoms with Crippen molar-refractivity contribution >= 4 is 18.6 Å². The van der Waals surface area contributed by atoms with Crippen LogP contribution in [0, 0.1) is 0 Å². The summed E-state index contributed by atoms with van der Waals surface area (Å²) in [4.78, 5) is 13.4. The Hall–Kier alpha value is -1.78. The Bertz CT molecular complexity index is 518. The van der Waals surface area contributed by atoms with E-state index in [4.69, 9.17) is 0 Å². The lowest BCUT2D eigenvalue weighted by atomic mass is 10.1. The highest BCUT2D eigenvalue weighted by Gasteiger charge is 2.24. The zero-order valence-corrected chi connectivity index (χ0v) is 12.6. The molecule has 0 spiro atoms. The van der Waals surface area contributed by atoms with Crippen molar-refractivity contribution < 1.29 is 9.90 Å². The minimum atomic E-state index is -0.836. The first-order valence-electron chi connectivity index (χ1n) is 6.86. The molecule has 1 atom stereocenters. The molecule has 0 radical (unpaired) electrons. The van der Waals surface area contributed by atoms with Crippen molar-refractivity contribution in [3.05, 3.63) is 71.8 Å². The Kier molecular flexibility index (Phi) is 5.84. The third kappa shape index (κ3) is 4.62. The quantitative estimate of drug-likeness (QED) is 0.772. The molecule has 0 fully saturated rings. The Morgan fingerprint density at radius 3 is 1.71 bits per heavy atom. The molecule has 2 aromatic carbocycles. The minimum Gasteiger partial charge on any atom is -0.480 e. The van der Waals surface area contributed by atoms with Crippen molar-refractivity contribution in [3.63, 3.8) is 0 Å². The van der Waals surface area contributed by atoms with E-state index < -0.39 is 12.0 Å².